The van der Waals surface area contributed by atoms with Gasteiger partial charge in [-0.3, -0.25) is 0 Å². The average Bonchev–Trinajstić information content (AvgIpc) is 2.41. The highest BCUT2D eigenvalue weighted by atomic mass is 32.2. The Morgan fingerprint density at radius 1 is 1.36 bits per heavy atom. The van der Waals surface area contributed by atoms with Crippen molar-refractivity contribution in [2.75, 3.05) is 12.8 Å². The lowest BCUT2D eigenvalue weighted by atomic mass is 10.1. The number of nitrogens with one attached hydrogen (secondary N) is 1. The van der Waals surface area contributed by atoms with Crippen LogP contribution in [0, 0.1) is 0 Å². The van der Waals surface area contributed by atoms with E-state index < -0.39 is 10.0 Å². The van der Waals surface area contributed by atoms with E-state index in [2.05, 4.69) is 4.83 Å². The molecule has 0 saturated carbocycles. The molecular formula is C9H12N2O2S. The summed E-state index contributed by atoms with van der Waals surface area (Å²) in [5.41, 5.74) is 1.02. The second-order valence-corrected chi connectivity index (χ2v) is 5.16. The molecule has 76 valence electrons. The summed E-state index contributed by atoms with van der Waals surface area (Å²) >= 11 is 0. The monoisotopic (exact) mass is 212 g/mol. The fourth-order valence-corrected chi connectivity index (χ4v) is 3.11. The van der Waals surface area contributed by atoms with Crippen LogP contribution in [0.2, 0.25) is 0 Å². The molecule has 1 atom stereocenters. The van der Waals surface area contributed by atoms with Crippen molar-refractivity contribution in [1.29, 1.82) is 0 Å². The van der Waals surface area contributed by atoms with E-state index in [0.29, 0.717) is 0 Å². The number of hydrazine groups is 1. The number of benzene rings is 1. The molecule has 0 radical (unpaired) electrons. The van der Waals surface area contributed by atoms with Crippen LogP contribution >= 0.6 is 0 Å². The quantitative estimate of drug-likeness (QED) is 0.737. The summed E-state index contributed by atoms with van der Waals surface area (Å²) in [5.74, 6) is 0.132. The minimum atomic E-state index is -3.12. The molecule has 5 heteroatoms. The Balaban J connectivity index is 2.30. The van der Waals surface area contributed by atoms with Crippen molar-refractivity contribution in [1.82, 2.24) is 9.84 Å². The molecule has 1 aliphatic heterocycles. The van der Waals surface area contributed by atoms with Gasteiger partial charge in [-0.1, -0.05) is 30.3 Å². The van der Waals surface area contributed by atoms with Crippen molar-refractivity contribution in [2.45, 2.75) is 6.04 Å². The zero-order chi connectivity index (χ0) is 10.2. The predicted octanol–water partition coefficient (Wildman–Crippen LogP) is 0.507. The molecule has 4 nitrogen and oxygen atoms in total. The van der Waals surface area contributed by atoms with E-state index in [-0.39, 0.29) is 11.8 Å². The van der Waals surface area contributed by atoms with Gasteiger partial charge in [-0.15, -0.1) is 4.83 Å². The number of hydrogen-bond donors (Lipinski definition) is 1. The molecule has 0 spiro atoms. The van der Waals surface area contributed by atoms with Crippen LogP contribution in [0.5, 0.6) is 0 Å². The summed E-state index contributed by atoms with van der Waals surface area (Å²) in [6, 6.07) is 9.52. The largest absolute Gasteiger partial charge is 0.226 e. The lowest BCUT2D eigenvalue weighted by Crippen LogP contribution is -2.30. The second kappa shape index (κ2) is 3.34. The second-order valence-electron chi connectivity index (χ2n) is 3.41. The fraction of sp³-hybridized carbons (Fsp3) is 0.333. The van der Waals surface area contributed by atoms with Gasteiger partial charge in [-0.05, 0) is 5.56 Å². The molecule has 0 amide bonds. The van der Waals surface area contributed by atoms with Crippen LogP contribution in [0.25, 0.3) is 0 Å². The summed E-state index contributed by atoms with van der Waals surface area (Å²) in [4.78, 5) is 2.45. The predicted molar refractivity (Wildman–Crippen MR) is 53.9 cm³/mol. The smallest absolute Gasteiger partial charge is 0.225 e. The molecule has 2 rings (SSSR count). The van der Waals surface area contributed by atoms with Crippen molar-refractivity contribution in [2.24, 2.45) is 0 Å². The van der Waals surface area contributed by atoms with Gasteiger partial charge >= 0.3 is 0 Å². The third-order valence-corrected chi connectivity index (χ3v) is 3.63. The highest BCUT2D eigenvalue weighted by molar-refractivity contribution is 7.89. The molecular weight excluding hydrogens is 200 g/mol. The van der Waals surface area contributed by atoms with Gasteiger partial charge in [0.15, 0.2) is 0 Å². The Morgan fingerprint density at radius 2 is 2.00 bits per heavy atom. The lowest BCUT2D eigenvalue weighted by Gasteiger charge is -2.16. The molecule has 1 aromatic rings. The van der Waals surface area contributed by atoms with Crippen LogP contribution in [-0.4, -0.2) is 26.2 Å². The molecule has 0 bridgehead atoms. The van der Waals surface area contributed by atoms with Gasteiger partial charge < -0.3 is 0 Å². The van der Waals surface area contributed by atoms with E-state index in [1.54, 1.807) is 12.1 Å². The van der Waals surface area contributed by atoms with E-state index in [4.69, 9.17) is 0 Å². The van der Waals surface area contributed by atoms with Crippen LogP contribution in [0.4, 0.5) is 0 Å². The summed E-state index contributed by atoms with van der Waals surface area (Å²) in [7, 11) is -1.38. The summed E-state index contributed by atoms with van der Waals surface area (Å²) in [6.45, 7) is 0. The van der Waals surface area contributed by atoms with E-state index in [1.807, 2.05) is 30.3 Å². The molecule has 1 N–H and O–H groups in total. The molecule has 1 aromatic carbocycles. The van der Waals surface area contributed by atoms with E-state index in [1.165, 1.54) is 0 Å². The first kappa shape index (κ1) is 9.64. The Morgan fingerprint density at radius 3 is 2.50 bits per heavy atom. The number of hydrogen-bond acceptors (Lipinski definition) is 3. The van der Waals surface area contributed by atoms with Gasteiger partial charge in [0.2, 0.25) is 10.0 Å². The lowest BCUT2D eigenvalue weighted by molar-refractivity contribution is 0.260. The Hall–Kier alpha value is -0.910. The first-order chi connectivity index (χ1) is 6.58. The van der Waals surface area contributed by atoms with Gasteiger partial charge in [0.25, 0.3) is 0 Å². The Kier molecular flexibility index (Phi) is 2.30. The zero-order valence-electron chi connectivity index (χ0n) is 7.84. The van der Waals surface area contributed by atoms with Crippen LogP contribution in [-0.2, 0) is 10.0 Å². The summed E-state index contributed by atoms with van der Waals surface area (Å²) < 4.78 is 22.5. The van der Waals surface area contributed by atoms with Gasteiger partial charge in [-0.25, -0.2) is 13.4 Å². The maximum atomic E-state index is 11.3. The number of nitrogens with zero attached hydrogens (tertiary/aromatic N) is 1. The third-order valence-electron chi connectivity index (χ3n) is 2.31. The van der Waals surface area contributed by atoms with Crippen LogP contribution in [0.3, 0.4) is 0 Å². The first-order valence-corrected chi connectivity index (χ1v) is 6.02. The van der Waals surface area contributed by atoms with Crippen LogP contribution in [0.1, 0.15) is 11.6 Å². The molecule has 0 aromatic heterocycles. The summed E-state index contributed by atoms with van der Waals surface area (Å²) in [6.07, 6.45) is 0. The van der Waals surface area contributed by atoms with E-state index >= 15 is 0 Å². The number of rotatable bonds is 1. The normalized spacial score (nSPS) is 26.5. The highest BCUT2D eigenvalue weighted by Crippen LogP contribution is 2.24. The van der Waals surface area contributed by atoms with Crippen molar-refractivity contribution in [3.05, 3.63) is 35.9 Å². The van der Waals surface area contributed by atoms with Gasteiger partial charge in [0, 0.05) is 7.05 Å². The Bertz CT molecular complexity index is 416. The van der Waals surface area contributed by atoms with Crippen molar-refractivity contribution < 1.29 is 8.42 Å². The topological polar surface area (TPSA) is 49.4 Å². The molecule has 1 aliphatic rings. The van der Waals surface area contributed by atoms with Crippen molar-refractivity contribution in [3.8, 4) is 0 Å². The first-order valence-electron chi connectivity index (χ1n) is 4.36. The van der Waals surface area contributed by atoms with Crippen molar-refractivity contribution >= 4 is 10.0 Å². The van der Waals surface area contributed by atoms with E-state index in [9.17, 15) is 8.42 Å². The molecule has 14 heavy (non-hydrogen) atoms. The maximum absolute atomic E-state index is 11.3. The van der Waals surface area contributed by atoms with Crippen molar-refractivity contribution in [3.63, 3.8) is 0 Å². The molecule has 1 saturated heterocycles. The average molecular weight is 212 g/mol. The molecule has 1 fully saturated rings. The fourth-order valence-electron chi connectivity index (χ4n) is 1.63. The SMILES string of the molecule is CN1NS(=O)(=O)CC1c1ccccc1. The minimum Gasteiger partial charge on any atom is -0.225 e. The summed E-state index contributed by atoms with van der Waals surface area (Å²) in [5, 5.41) is 1.63. The zero-order valence-corrected chi connectivity index (χ0v) is 8.66. The standard InChI is InChI=1S/C9H12N2O2S/c1-11-9(7-14(12,13)10-11)8-5-3-2-4-6-8/h2-6,9-10H,7H2,1H3. The maximum Gasteiger partial charge on any atom is 0.226 e. The van der Waals surface area contributed by atoms with E-state index in [0.717, 1.165) is 5.56 Å². The highest BCUT2D eigenvalue weighted by Gasteiger charge is 2.33. The molecule has 0 aliphatic carbocycles. The third kappa shape index (κ3) is 1.79. The van der Waals surface area contributed by atoms with Gasteiger partial charge in [0.1, 0.15) is 0 Å². The Labute approximate surface area is 83.6 Å². The molecule has 1 unspecified atom stereocenters. The van der Waals surface area contributed by atoms with Gasteiger partial charge in [-0.2, -0.15) is 0 Å². The number of sulfonamides is 1. The van der Waals surface area contributed by atoms with Gasteiger partial charge in [0.05, 0.1) is 11.8 Å². The van der Waals surface area contributed by atoms with Crippen LogP contribution < -0.4 is 4.83 Å². The minimum absolute atomic E-state index is 0.0822. The molecule has 1 heterocycles. The van der Waals surface area contributed by atoms with Crippen LogP contribution in [0.15, 0.2) is 30.3 Å².